The largest absolute Gasteiger partial charge is 0.333 e. The van der Waals surface area contributed by atoms with Crippen LogP contribution >= 0.6 is 12.4 Å². The van der Waals surface area contributed by atoms with Gasteiger partial charge in [-0.1, -0.05) is 6.42 Å². The van der Waals surface area contributed by atoms with E-state index in [9.17, 15) is 9.59 Å². The molecule has 0 saturated carbocycles. The van der Waals surface area contributed by atoms with E-state index in [0.717, 1.165) is 25.8 Å². The average Bonchev–Trinajstić information content (AvgIpc) is 2.29. The Morgan fingerprint density at radius 1 is 1.29 bits per heavy atom. The van der Waals surface area contributed by atoms with Crippen LogP contribution in [0.1, 0.15) is 46.5 Å². The van der Waals surface area contributed by atoms with Crippen molar-refractivity contribution in [1.29, 1.82) is 0 Å². The molecule has 0 aromatic heterocycles. The van der Waals surface area contributed by atoms with Gasteiger partial charge in [0.15, 0.2) is 0 Å². The summed E-state index contributed by atoms with van der Waals surface area (Å²) in [7, 11) is 0. The summed E-state index contributed by atoms with van der Waals surface area (Å²) in [5, 5.41) is 5.10. The standard InChI is InChI=1S/C14H28N4O2.ClH/c1-14(2,3)17-13(20)16-12(19)10-18-9-5-4-6-11(18)7-8-15;/h11H,4-10,15H2,1-3H3,(H2,16,17,19,20);1H. The molecule has 1 aliphatic rings. The summed E-state index contributed by atoms with van der Waals surface area (Å²) in [5.74, 6) is -0.254. The van der Waals surface area contributed by atoms with E-state index in [0.29, 0.717) is 12.6 Å². The Kier molecular flexibility index (Phi) is 8.85. The van der Waals surface area contributed by atoms with Crippen LogP contribution in [0.2, 0.25) is 0 Å². The first-order valence-electron chi connectivity index (χ1n) is 7.38. The molecular weight excluding hydrogens is 292 g/mol. The van der Waals surface area contributed by atoms with Crippen molar-refractivity contribution in [3.05, 3.63) is 0 Å². The normalized spacial score (nSPS) is 19.5. The highest BCUT2D eigenvalue weighted by molar-refractivity contribution is 5.95. The number of carbonyl (C=O) groups excluding carboxylic acids is 2. The van der Waals surface area contributed by atoms with Gasteiger partial charge in [0, 0.05) is 11.6 Å². The Bertz CT molecular complexity index is 342. The maximum atomic E-state index is 11.9. The van der Waals surface area contributed by atoms with Crippen LogP contribution in [-0.2, 0) is 4.79 Å². The lowest BCUT2D eigenvalue weighted by atomic mass is 9.99. The zero-order chi connectivity index (χ0) is 15.2. The molecule has 1 unspecified atom stereocenters. The molecule has 6 nitrogen and oxygen atoms in total. The molecule has 1 saturated heterocycles. The molecule has 1 heterocycles. The van der Waals surface area contributed by atoms with Crippen LogP contribution in [0.15, 0.2) is 0 Å². The van der Waals surface area contributed by atoms with E-state index in [1.165, 1.54) is 6.42 Å². The van der Waals surface area contributed by atoms with Gasteiger partial charge < -0.3 is 11.1 Å². The Morgan fingerprint density at radius 3 is 2.52 bits per heavy atom. The van der Waals surface area contributed by atoms with Crippen molar-refractivity contribution in [2.75, 3.05) is 19.6 Å². The SMILES string of the molecule is CC(C)(C)NC(=O)NC(=O)CN1CCCCC1CCN.Cl. The smallest absolute Gasteiger partial charge is 0.321 e. The molecule has 21 heavy (non-hydrogen) atoms. The van der Waals surface area contributed by atoms with E-state index in [1.807, 2.05) is 20.8 Å². The molecule has 1 atom stereocenters. The number of imide groups is 1. The lowest BCUT2D eigenvalue weighted by Crippen LogP contribution is -2.52. The Morgan fingerprint density at radius 2 is 1.95 bits per heavy atom. The van der Waals surface area contributed by atoms with Gasteiger partial charge >= 0.3 is 6.03 Å². The molecular formula is C14H29ClN4O2. The molecule has 3 amide bonds. The molecule has 0 bridgehead atoms. The van der Waals surface area contributed by atoms with Gasteiger partial charge in [-0.15, -0.1) is 12.4 Å². The van der Waals surface area contributed by atoms with Crippen molar-refractivity contribution in [2.45, 2.75) is 58.0 Å². The van der Waals surface area contributed by atoms with Crippen LogP contribution in [0, 0.1) is 0 Å². The van der Waals surface area contributed by atoms with Crippen LogP contribution in [0.3, 0.4) is 0 Å². The molecule has 1 rings (SSSR count). The maximum absolute atomic E-state index is 11.9. The number of halogens is 1. The number of carbonyl (C=O) groups is 2. The fraction of sp³-hybridized carbons (Fsp3) is 0.857. The fourth-order valence-electron chi connectivity index (χ4n) is 2.51. The summed E-state index contributed by atoms with van der Waals surface area (Å²) in [4.78, 5) is 25.7. The first-order valence-corrected chi connectivity index (χ1v) is 7.38. The highest BCUT2D eigenvalue weighted by Gasteiger charge is 2.24. The third kappa shape index (κ3) is 8.24. The summed E-state index contributed by atoms with van der Waals surface area (Å²) >= 11 is 0. The molecule has 1 aliphatic heterocycles. The Hall–Kier alpha value is -0.850. The second kappa shape index (κ2) is 9.23. The molecule has 7 heteroatoms. The third-order valence-corrected chi connectivity index (χ3v) is 3.34. The van der Waals surface area contributed by atoms with Gasteiger partial charge in [-0.2, -0.15) is 0 Å². The van der Waals surface area contributed by atoms with Crippen molar-refractivity contribution >= 4 is 24.3 Å². The minimum Gasteiger partial charge on any atom is -0.333 e. The monoisotopic (exact) mass is 320 g/mol. The van der Waals surface area contributed by atoms with Crippen molar-refractivity contribution in [3.8, 4) is 0 Å². The highest BCUT2D eigenvalue weighted by atomic mass is 35.5. The summed E-state index contributed by atoms with van der Waals surface area (Å²) in [6.07, 6.45) is 4.27. The minimum absolute atomic E-state index is 0. The lowest BCUT2D eigenvalue weighted by Gasteiger charge is -2.35. The van der Waals surface area contributed by atoms with Crippen LogP contribution in [-0.4, -0.2) is 48.1 Å². The summed E-state index contributed by atoms with van der Waals surface area (Å²) in [6, 6.07) is -0.0694. The molecule has 124 valence electrons. The Balaban J connectivity index is 0.00000400. The molecule has 0 aromatic carbocycles. The number of hydrogen-bond acceptors (Lipinski definition) is 4. The van der Waals surface area contributed by atoms with E-state index in [4.69, 9.17) is 5.73 Å². The van der Waals surface area contributed by atoms with Crippen LogP contribution in [0.25, 0.3) is 0 Å². The van der Waals surface area contributed by atoms with Gasteiger partial charge in [-0.05, 0) is 53.1 Å². The van der Waals surface area contributed by atoms with E-state index >= 15 is 0 Å². The minimum atomic E-state index is -0.435. The number of likely N-dealkylation sites (tertiary alicyclic amines) is 1. The van der Waals surface area contributed by atoms with Crippen molar-refractivity contribution in [1.82, 2.24) is 15.5 Å². The zero-order valence-electron chi connectivity index (χ0n) is 13.3. The lowest BCUT2D eigenvalue weighted by molar-refractivity contribution is -0.122. The average molecular weight is 321 g/mol. The number of piperidine rings is 1. The molecule has 4 N–H and O–H groups in total. The number of nitrogens with one attached hydrogen (secondary N) is 2. The summed E-state index contributed by atoms with van der Waals surface area (Å²) in [5.41, 5.74) is 5.26. The van der Waals surface area contributed by atoms with E-state index in [-0.39, 0.29) is 30.4 Å². The van der Waals surface area contributed by atoms with Crippen LogP contribution in [0.4, 0.5) is 4.79 Å². The van der Waals surface area contributed by atoms with E-state index in [1.54, 1.807) is 0 Å². The zero-order valence-corrected chi connectivity index (χ0v) is 14.1. The predicted octanol–water partition coefficient (Wildman–Crippen LogP) is 1.24. The quantitative estimate of drug-likeness (QED) is 0.727. The van der Waals surface area contributed by atoms with Crippen molar-refractivity contribution in [2.24, 2.45) is 5.73 Å². The van der Waals surface area contributed by atoms with E-state index in [2.05, 4.69) is 15.5 Å². The predicted molar refractivity (Wildman–Crippen MR) is 86.6 cm³/mol. The summed E-state index contributed by atoms with van der Waals surface area (Å²) < 4.78 is 0. The topological polar surface area (TPSA) is 87.5 Å². The number of hydrogen-bond donors (Lipinski definition) is 3. The number of rotatable bonds is 4. The van der Waals surface area contributed by atoms with Crippen LogP contribution in [0.5, 0.6) is 0 Å². The van der Waals surface area contributed by atoms with Crippen molar-refractivity contribution in [3.63, 3.8) is 0 Å². The molecule has 1 fully saturated rings. The number of nitrogens with zero attached hydrogens (tertiary/aromatic N) is 1. The highest BCUT2D eigenvalue weighted by Crippen LogP contribution is 2.18. The second-order valence-corrected chi connectivity index (χ2v) is 6.45. The second-order valence-electron chi connectivity index (χ2n) is 6.45. The summed E-state index contributed by atoms with van der Waals surface area (Å²) in [6.45, 7) is 7.42. The number of amides is 3. The van der Waals surface area contributed by atoms with Crippen molar-refractivity contribution < 1.29 is 9.59 Å². The first kappa shape index (κ1) is 20.1. The maximum Gasteiger partial charge on any atom is 0.321 e. The molecule has 0 radical (unpaired) electrons. The van der Waals surface area contributed by atoms with E-state index < -0.39 is 6.03 Å². The molecule has 0 aliphatic carbocycles. The van der Waals surface area contributed by atoms with Gasteiger partial charge in [0.2, 0.25) is 5.91 Å². The van der Waals surface area contributed by atoms with Crippen LogP contribution < -0.4 is 16.4 Å². The number of urea groups is 1. The third-order valence-electron chi connectivity index (χ3n) is 3.34. The van der Waals surface area contributed by atoms with Gasteiger partial charge in [-0.25, -0.2) is 4.79 Å². The molecule has 0 aromatic rings. The Labute approximate surface area is 133 Å². The van der Waals surface area contributed by atoms with Gasteiger partial charge in [0.25, 0.3) is 0 Å². The van der Waals surface area contributed by atoms with Gasteiger partial charge in [0.1, 0.15) is 0 Å². The first-order chi connectivity index (χ1) is 9.31. The fourth-order valence-corrected chi connectivity index (χ4v) is 2.51. The van der Waals surface area contributed by atoms with Gasteiger partial charge in [-0.3, -0.25) is 15.0 Å². The molecule has 0 spiro atoms. The number of nitrogens with two attached hydrogens (primary N) is 1. The van der Waals surface area contributed by atoms with Gasteiger partial charge in [0.05, 0.1) is 6.54 Å².